The van der Waals surface area contributed by atoms with Crippen LogP contribution in [0, 0.1) is 5.82 Å². The Labute approximate surface area is 226 Å². The molecule has 1 aromatic heterocycles. The molecule has 1 aliphatic rings. The number of ether oxygens (including phenoxy) is 2. The van der Waals surface area contributed by atoms with Gasteiger partial charge in [0, 0.05) is 30.8 Å². The van der Waals surface area contributed by atoms with Gasteiger partial charge in [0.05, 0.1) is 24.4 Å². The Morgan fingerprint density at radius 3 is 2.51 bits per heavy atom. The van der Waals surface area contributed by atoms with Gasteiger partial charge in [-0.3, -0.25) is 19.7 Å². The van der Waals surface area contributed by atoms with Crippen LogP contribution in [-0.2, 0) is 32.0 Å². The van der Waals surface area contributed by atoms with Crippen LogP contribution in [0.4, 0.5) is 9.18 Å². The van der Waals surface area contributed by atoms with Crippen molar-refractivity contribution in [1.82, 2.24) is 20.6 Å². The monoisotopic (exact) mass is 553 g/mol. The number of nitrogens with one attached hydrogen (secondary N) is 3. The van der Waals surface area contributed by atoms with Crippen LogP contribution in [-0.4, -0.2) is 52.2 Å². The average molecular weight is 554 g/mol. The van der Waals surface area contributed by atoms with E-state index in [4.69, 9.17) is 15.2 Å². The molecule has 4 rings (SSSR count). The summed E-state index contributed by atoms with van der Waals surface area (Å²) in [6.07, 6.45) is 4.57. The van der Waals surface area contributed by atoms with E-state index in [1.165, 1.54) is 31.8 Å². The molecule has 0 bridgehead atoms. The van der Waals surface area contributed by atoms with Crippen molar-refractivity contribution in [3.05, 3.63) is 82.5 Å². The number of hydrogen-bond acceptors (Lipinski definition) is 9. The highest BCUT2D eigenvalue weighted by Crippen LogP contribution is 2.28. The molecular weight excluding hydrogens is 529 g/mol. The number of halogens is 1. The third kappa shape index (κ3) is 7.30. The van der Waals surface area contributed by atoms with E-state index in [0.29, 0.717) is 17.0 Å². The summed E-state index contributed by atoms with van der Waals surface area (Å²) in [4.78, 5) is 54.8. The SMILES string of the molecule is COC(=O)C(Cc1ccc(Oc2ccc(/C=C3/SC(=O)NC3=O)cc2)cc1F)NC(=O)C(N)Cc1cnc[nH]1. The summed E-state index contributed by atoms with van der Waals surface area (Å²) in [5.74, 6) is -1.82. The van der Waals surface area contributed by atoms with Crippen molar-refractivity contribution in [1.29, 1.82) is 0 Å². The molecule has 1 fully saturated rings. The second kappa shape index (κ2) is 12.4. The molecule has 1 aliphatic heterocycles. The lowest BCUT2D eigenvalue weighted by Gasteiger charge is -2.19. The van der Waals surface area contributed by atoms with Crippen molar-refractivity contribution in [2.45, 2.75) is 24.9 Å². The van der Waals surface area contributed by atoms with Crippen molar-refractivity contribution in [3.8, 4) is 11.5 Å². The standard InChI is InChI=1S/C26H24FN5O6S/c1-37-25(35)21(31-23(33)20(28)10-16-12-29-13-30-16)9-15-4-7-18(11-19(15)27)38-17-5-2-14(3-6-17)8-22-24(34)32-26(36)39-22/h2-8,11-13,20-21H,9-10,28H2,1H3,(H,29,30)(H,31,33)(H,32,34,36)/b22-8+. The zero-order valence-corrected chi connectivity index (χ0v) is 21.4. The van der Waals surface area contributed by atoms with Crippen molar-refractivity contribution in [2.75, 3.05) is 7.11 Å². The highest BCUT2D eigenvalue weighted by atomic mass is 32.2. The number of benzene rings is 2. The molecule has 3 aromatic rings. The summed E-state index contributed by atoms with van der Waals surface area (Å²) >= 11 is 0.817. The van der Waals surface area contributed by atoms with Gasteiger partial charge in [-0.05, 0) is 47.2 Å². The number of aromatic nitrogens is 2. The summed E-state index contributed by atoms with van der Waals surface area (Å²) in [6, 6.07) is 8.65. The Bertz CT molecular complexity index is 1410. The number of carbonyl (C=O) groups is 4. The molecule has 202 valence electrons. The summed E-state index contributed by atoms with van der Waals surface area (Å²) in [5.41, 5.74) is 7.42. The Balaban J connectivity index is 1.39. The van der Waals surface area contributed by atoms with Crippen LogP contribution in [0.3, 0.4) is 0 Å². The van der Waals surface area contributed by atoms with Crippen LogP contribution in [0.5, 0.6) is 11.5 Å². The number of carbonyl (C=O) groups excluding carboxylic acids is 4. The lowest BCUT2D eigenvalue weighted by molar-refractivity contribution is -0.145. The van der Waals surface area contributed by atoms with E-state index in [2.05, 4.69) is 20.6 Å². The first-order valence-corrected chi connectivity index (χ1v) is 12.5. The summed E-state index contributed by atoms with van der Waals surface area (Å²) in [7, 11) is 1.17. The molecule has 0 spiro atoms. The quantitative estimate of drug-likeness (QED) is 0.218. The smallest absolute Gasteiger partial charge is 0.328 e. The second-order valence-corrected chi connectivity index (χ2v) is 9.47. The maximum atomic E-state index is 14.9. The minimum atomic E-state index is -1.16. The fraction of sp³-hybridized carbons (Fsp3) is 0.192. The molecule has 1 saturated heterocycles. The first-order chi connectivity index (χ1) is 18.7. The first-order valence-electron chi connectivity index (χ1n) is 11.6. The molecule has 11 nitrogen and oxygen atoms in total. The number of rotatable bonds is 10. The fourth-order valence-electron chi connectivity index (χ4n) is 3.66. The minimum absolute atomic E-state index is 0.157. The second-order valence-electron chi connectivity index (χ2n) is 8.45. The normalized spacial score (nSPS) is 15.5. The largest absolute Gasteiger partial charge is 0.467 e. The van der Waals surface area contributed by atoms with Crippen LogP contribution in [0.1, 0.15) is 16.8 Å². The van der Waals surface area contributed by atoms with E-state index in [9.17, 15) is 23.6 Å². The molecule has 0 radical (unpaired) electrons. The molecule has 2 unspecified atom stereocenters. The van der Waals surface area contributed by atoms with Gasteiger partial charge in [-0.15, -0.1) is 0 Å². The van der Waals surface area contributed by atoms with Crippen LogP contribution in [0.25, 0.3) is 6.08 Å². The van der Waals surface area contributed by atoms with E-state index in [1.54, 1.807) is 30.3 Å². The average Bonchev–Trinajstić information content (AvgIpc) is 3.54. The zero-order valence-electron chi connectivity index (χ0n) is 20.6. The summed E-state index contributed by atoms with van der Waals surface area (Å²) in [5, 5.41) is 4.29. The Kier molecular flexibility index (Phi) is 8.74. The molecule has 5 N–H and O–H groups in total. The van der Waals surface area contributed by atoms with E-state index >= 15 is 0 Å². The molecule has 13 heteroatoms. The van der Waals surface area contributed by atoms with E-state index in [0.717, 1.165) is 17.8 Å². The molecule has 2 aromatic carbocycles. The van der Waals surface area contributed by atoms with Crippen molar-refractivity contribution in [2.24, 2.45) is 5.73 Å². The third-order valence-electron chi connectivity index (χ3n) is 5.64. The molecule has 0 aliphatic carbocycles. The highest BCUT2D eigenvalue weighted by molar-refractivity contribution is 8.18. The van der Waals surface area contributed by atoms with Gasteiger partial charge in [-0.1, -0.05) is 18.2 Å². The van der Waals surface area contributed by atoms with Gasteiger partial charge in [0.15, 0.2) is 0 Å². The predicted octanol–water partition coefficient (Wildman–Crippen LogP) is 2.44. The molecule has 39 heavy (non-hydrogen) atoms. The lowest BCUT2D eigenvalue weighted by Crippen LogP contribution is -2.50. The molecule has 2 atom stereocenters. The number of thioether (sulfide) groups is 1. The number of methoxy groups -OCH3 is 1. The minimum Gasteiger partial charge on any atom is -0.467 e. The molecular formula is C26H24FN5O6S. The van der Waals surface area contributed by atoms with Crippen molar-refractivity contribution >= 4 is 40.9 Å². The number of aromatic amines is 1. The highest BCUT2D eigenvalue weighted by Gasteiger charge is 2.27. The van der Waals surface area contributed by atoms with Crippen LogP contribution < -0.4 is 21.1 Å². The molecule has 3 amide bonds. The van der Waals surface area contributed by atoms with Gasteiger partial charge in [-0.2, -0.15) is 0 Å². The van der Waals surface area contributed by atoms with Crippen LogP contribution in [0.15, 0.2) is 59.9 Å². The van der Waals surface area contributed by atoms with Gasteiger partial charge >= 0.3 is 5.97 Å². The van der Waals surface area contributed by atoms with E-state index < -0.39 is 40.9 Å². The number of imide groups is 1. The van der Waals surface area contributed by atoms with Gasteiger partial charge < -0.3 is 25.5 Å². The van der Waals surface area contributed by atoms with Crippen molar-refractivity contribution < 1.29 is 33.0 Å². The molecule has 2 heterocycles. The van der Waals surface area contributed by atoms with E-state index in [-0.39, 0.29) is 29.1 Å². The van der Waals surface area contributed by atoms with Gasteiger partial charge in [-0.25, -0.2) is 14.2 Å². The number of imidazole rings is 1. The Morgan fingerprint density at radius 2 is 1.90 bits per heavy atom. The predicted molar refractivity (Wildman–Crippen MR) is 140 cm³/mol. The van der Waals surface area contributed by atoms with Crippen LogP contribution in [0.2, 0.25) is 0 Å². The Hall–Kier alpha value is -4.49. The van der Waals surface area contributed by atoms with Gasteiger partial charge in [0.1, 0.15) is 23.4 Å². The number of nitrogens with two attached hydrogens (primary N) is 1. The van der Waals surface area contributed by atoms with Crippen LogP contribution >= 0.6 is 11.8 Å². The fourth-order valence-corrected chi connectivity index (χ4v) is 4.34. The lowest BCUT2D eigenvalue weighted by atomic mass is 10.0. The number of H-pyrrole nitrogens is 1. The topological polar surface area (TPSA) is 165 Å². The summed E-state index contributed by atoms with van der Waals surface area (Å²) < 4.78 is 25.4. The number of esters is 1. The van der Waals surface area contributed by atoms with Crippen molar-refractivity contribution in [3.63, 3.8) is 0 Å². The maximum Gasteiger partial charge on any atom is 0.328 e. The number of nitrogens with zero attached hydrogens (tertiary/aromatic N) is 1. The molecule has 0 saturated carbocycles. The number of amides is 3. The zero-order chi connectivity index (χ0) is 27.9. The number of hydrogen-bond donors (Lipinski definition) is 4. The third-order valence-corrected chi connectivity index (χ3v) is 6.45. The first kappa shape index (κ1) is 27.5. The van der Waals surface area contributed by atoms with Gasteiger partial charge in [0.2, 0.25) is 5.91 Å². The Morgan fingerprint density at radius 1 is 1.15 bits per heavy atom. The maximum absolute atomic E-state index is 14.9. The van der Waals surface area contributed by atoms with Gasteiger partial charge in [0.25, 0.3) is 11.1 Å². The van der Waals surface area contributed by atoms with E-state index in [1.807, 2.05) is 0 Å². The summed E-state index contributed by atoms with van der Waals surface area (Å²) in [6.45, 7) is 0.